The maximum absolute atomic E-state index is 12.9. The number of hydrogen-bond acceptors (Lipinski definition) is 4. The minimum atomic E-state index is -4.10. The molecule has 3 N–H and O–H groups in total. The molecule has 1 atom stereocenters. The summed E-state index contributed by atoms with van der Waals surface area (Å²) in [7, 11) is 0. The van der Waals surface area contributed by atoms with Gasteiger partial charge in [0.15, 0.2) is 0 Å². The summed E-state index contributed by atoms with van der Waals surface area (Å²) in [6, 6.07) is 13.6. The summed E-state index contributed by atoms with van der Waals surface area (Å²) in [4.78, 5) is 25.5. The Morgan fingerprint density at radius 3 is 2.41 bits per heavy atom. The third-order valence-corrected chi connectivity index (χ3v) is 6.58. The minimum absolute atomic E-state index is 0.0922. The standard InChI is InChI=1S/C25H29F3N4O2/c1-16-12-17(14-30-24(34)18-13-23(33)29-15-18)2-7-22(16)31-20-3-5-21(6-4-20)32-10-8-19(9-11-32)25(26,27)28/h2-7,12,18-19,31H,8-11,13-15H2,1H3,(H,29,33)(H,30,34). The zero-order valence-electron chi connectivity index (χ0n) is 19.0. The molecule has 9 heteroatoms. The lowest BCUT2D eigenvalue weighted by Crippen LogP contribution is -2.38. The van der Waals surface area contributed by atoms with Crippen LogP contribution >= 0.6 is 0 Å². The molecule has 2 amide bonds. The van der Waals surface area contributed by atoms with E-state index in [4.69, 9.17) is 0 Å². The number of piperidine rings is 1. The van der Waals surface area contributed by atoms with E-state index in [0.29, 0.717) is 26.2 Å². The van der Waals surface area contributed by atoms with E-state index in [-0.39, 0.29) is 37.0 Å². The quantitative estimate of drug-likeness (QED) is 0.585. The molecule has 2 heterocycles. The van der Waals surface area contributed by atoms with Crippen molar-refractivity contribution in [2.45, 2.75) is 38.9 Å². The van der Waals surface area contributed by atoms with E-state index in [1.165, 1.54) is 0 Å². The van der Waals surface area contributed by atoms with E-state index >= 15 is 0 Å². The highest BCUT2D eigenvalue weighted by Crippen LogP contribution is 2.35. The first-order valence-electron chi connectivity index (χ1n) is 11.5. The lowest BCUT2D eigenvalue weighted by Gasteiger charge is -2.34. The lowest BCUT2D eigenvalue weighted by molar-refractivity contribution is -0.179. The van der Waals surface area contributed by atoms with Crippen LogP contribution in [0.5, 0.6) is 0 Å². The summed E-state index contributed by atoms with van der Waals surface area (Å²) < 4.78 is 38.7. The molecule has 2 aliphatic rings. The smallest absolute Gasteiger partial charge is 0.372 e. The predicted octanol–water partition coefficient (Wildman–Crippen LogP) is 4.27. The molecule has 2 fully saturated rings. The van der Waals surface area contributed by atoms with Gasteiger partial charge in [-0.15, -0.1) is 0 Å². The third kappa shape index (κ3) is 5.81. The fourth-order valence-electron chi connectivity index (χ4n) is 4.48. The number of carbonyl (C=O) groups excluding carboxylic acids is 2. The predicted molar refractivity (Wildman–Crippen MR) is 125 cm³/mol. The zero-order chi connectivity index (χ0) is 24.3. The number of rotatable bonds is 6. The van der Waals surface area contributed by atoms with Crippen molar-refractivity contribution < 1.29 is 22.8 Å². The van der Waals surface area contributed by atoms with Crippen LogP contribution in [0.1, 0.15) is 30.4 Å². The largest absolute Gasteiger partial charge is 0.391 e. The molecule has 0 saturated carbocycles. The first-order chi connectivity index (χ1) is 16.2. The average molecular weight is 475 g/mol. The van der Waals surface area contributed by atoms with E-state index in [2.05, 4.69) is 16.0 Å². The molecule has 2 aromatic carbocycles. The highest BCUT2D eigenvalue weighted by molar-refractivity contribution is 5.89. The lowest BCUT2D eigenvalue weighted by atomic mass is 9.96. The Bertz CT molecular complexity index is 1030. The Hall–Kier alpha value is -3.23. The van der Waals surface area contributed by atoms with Gasteiger partial charge in [-0.05, 0) is 61.2 Å². The number of alkyl halides is 3. The van der Waals surface area contributed by atoms with Gasteiger partial charge < -0.3 is 20.9 Å². The van der Waals surface area contributed by atoms with Crippen molar-refractivity contribution in [2.24, 2.45) is 11.8 Å². The van der Waals surface area contributed by atoms with Crippen LogP contribution in [0.15, 0.2) is 42.5 Å². The van der Waals surface area contributed by atoms with Crippen LogP contribution in [0.3, 0.4) is 0 Å². The average Bonchev–Trinajstić information content (AvgIpc) is 3.25. The van der Waals surface area contributed by atoms with E-state index in [1.807, 2.05) is 54.3 Å². The van der Waals surface area contributed by atoms with Crippen LogP contribution < -0.4 is 20.9 Å². The van der Waals surface area contributed by atoms with Crippen molar-refractivity contribution in [3.8, 4) is 0 Å². The van der Waals surface area contributed by atoms with Crippen molar-refractivity contribution in [2.75, 3.05) is 29.9 Å². The number of amides is 2. The van der Waals surface area contributed by atoms with Gasteiger partial charge >= 0.3 is 6.18 Å². The van der Waals surface area contributed by atoms with Gasteiger partial charge in [0, 0.05) is 49.7 Å². The van der Waals surface area contributed by atoms with Gasteiger partial charge in [0.25, 0.3) is 0 Å². The SMILES string of the molecule is Cc1cc(CNC(=O)C2CNC(=O)C2)ccc1Nc1ccc(N2CCC(C(F)(F)F)CC2)cc1. The molecule has 2 aromatic rings. The highest BCUT2D eigenvalue weighted by atomic mass is 19.4. The van der Waals surface area contributed by atoms with Gasteiger partial charge in [0.1, 0.15) is 0 Å². The van der Waals surface area contributed by atoms with Gasteiger partial charge in [-0.2, -0.15) is 13.2 Å². The molecular formula is C25H29F3N4O2. The van der Waals surface area contributed by atoms with Crippen LogP contribution in [0.4, 0.5) is 30.2 Å². The number of hydrogen-bond donors (Lipinski definition) is 3. The van der Waals surface area contributed by atoms with E-state index in [1.54, 1.807) is 0 Å². The molecule has 6 nitrogen and oxygen atoms in total. The van der Waals surface area contributed by atoms with Crippen LogP contribution in [0, 0.1) is 18.8 Å². The van der Waals surface area contributed by atoms with Gasteiger partial charge in [0.2, 0.25) is 11.8 Å². The number of nitrogens with zero attached hydrogens (tertiary/aromatic N) is 1. The molecular weight excluding hydrogens is 445 g/mol. The summed E-state index contributed by atoms with van der Waals surface area (Å²) in [6.07, 6.45) is -3.61. The molecule has 34 heavy (non-hydrogen) atoms. The monoisotopic (exact) mass is 474 g/mol. The Morgan fingerprint density at radius 1 is 1.12 bits per heavy atom. The number of aryl methyl sites for hydroxylation is 1. The second kappa shape index (κ2) is 9.95. The van der Waals surface area contributed by atoms with Gasteiger partial charge in [-0.1, -0.05) is 12.1 Å². The second-order valence-corrected chi connectivity index (χ2v) is 9.05. The fraction of sp³-hybridized carbons (Fsp3) is 0.440. The van der Waals surface area contributed by atoms with Crippen LogP contribution in [-0.4, -0.2) is 37.6 Å². The molecule has 182 valence electrons. The first-order valence-corrected chi connectivity index (χ1v) is 11.5. The van der Waals surface area contributed by atoms with Crippen LogP contribution in [0.25, 0.3) is 0 Å². The van der Waals surface area contributed by atoms with Crippen LogP contribution in [0.2, 0.25) is 0 Å². The summed E-state index contributed by atoms with van der Waals surface area (Å²) in [5.74, 6) is -1.73. The number of nitrogens with one attached hydrogen (secondary N) is 3. The fourth-order valence-corrected chi connectivity index (χ4v) is 4.48. The number of halogens is 3. The van der Waals surface area contributed by atoms with E-state index in [0.717, 1.165) is 28.2 Å². The second-order valence-electron chi connectivity index (χ2n) is 9.05. The Morgan fingerprint density at radius 2 is 1.82 bits per heavy atom. The zero-order valence-corrected chi connectivity index (χ0v) is 19.0. The van der Waals surface area contributed by atoms with Crippen molar-refractivity contribution >= 4 is 28.9 Å². The normalized spacial score (nSPS) is 19.1. The first kappa shape index (κ1) is 23.9. The minimum Gasteiger partial charge on any atom is -0.372 e. The van der Waals surface area contributed by atoms with Crippen molar-refractivity contribution in [3.05, 3.63) is 53.6 Å². The maximum atomic E-state index is 12.9. The third-order valence-electron chi connectivity index (χ3n) is 6.58. The summed E-state index contributed by atoms with van der Waals surface area (Å²) >= 11 is 0. The van der Waals surface area contributed by atoms with Crippen molar-refractivity contribution in [1.82, 2.24) is 10.6 Å². The summed E-state index contributed by atoms with van der Waals surface area (Å²) in [5.41, 5.74) is 4.72. The van der Waals surface area contributed by atoms with Crippen LogP contribution in [-0.2, 0) is 16.1 Å². The molecule has 0 radical (unpaired) electrons. The Labute approximate surface area is 196 Å². The number of anilines is 3. The van der Waals surface area contributed by atoms with Gasteiger partial charge in [-0.3, -0.25) is 9.59 Å². The molecule has 2 aliphatic heterocycles. The van der Waals surface area contributed by atoms with Gasteiger partial charge in [0.05, 0.1) is 11.8 Å². The molecule has 4 rings (SSSR count). The Balaban J connectivity index is 1.30. The van der Waals surface area contributed by atoms with Crippen molar-refractivity contribution in [1.29, 1.82) is 0 Å². The summed E-state index contributed by atoms with van der Waals surface area (Å²) in [5, 5.41) is 8.92. The number of benzene rings is 2. The molecule has 0 bridgehead atoms. The number of carbonyl (C=O) groups is 2. The molecule has 0 aromatic heterocycles. The van der Waals surface area contributed by atoms with E-state index < -0.39 is 12.1 Å². The van der Waals surface area contributed by atoms with Crippen molar-refractivity contribution in [3.63, 3.8) is 0 Å². The maximum Gasteiger partial charge on any atom is 0.391 e. The highest BCUT2D eigenvalue weighted by Gasteiger charge is 2.41. The molecule has 0 aliphatic carbocycles. The summed E-state index contributed by atoms with van der Waals surface area (Å²) in [6.45, 7) is 3.57. The van der Waals surface area contributed by atoms with Gasteiger partial charge in [-0.25, -0.2) is 0 Å². The Kier molecular flexibility index (Phi) is 7.00. The molecule has 0 spiro atoms. The topological polar surface area (TPSA) is 73.5 Å². The van der Waals surface area contributed by atoms with E-state index in [9.17, 15) is 22.8 Å². The molecule has 2 saturated heterocycles. The molecule has 1 unspecified atom stereocenters.